The average molecular weight is 309 g/mol. The molecule has 0 aromatic heterocycles. The Morgan fingerprint density at radius 1 is 1.24 bits per heavy atom. The van der Waals surface area contributed by atoms with Gasteiger partial charge in [0.2, 0.25) is 5.91 Å². The van der Waals surface area contributed by atoms with Crippen molar-refractivity contribution in [2.75, 3.05) is 45.2 Å². The smallest absolute Gasteiger partial charge is 0.233 e. The standard InChI is InChI=1S/C16H21ClN2O2/c17-6-9-18-7-3-8-19(11-10-18)16(20)14-12-21-15-5-2-1-4-13(14)15/h1-2,4-5,14H,3,6-12H2. The molecule has 2 aliphatic rings. The summed E-state index contributed by atoms with van der Waals surface area (Å²) in [5.41, 5.74) is 1.03. The van der Waals surface area contributed by atoms with Gasteiger partial charge in [-0.1, -0.05) is 18.2 Å². The van der Waals surface area contributed by atoms with E-state index in [1.807, 2.05) is 29.2 Å². The molecular formula is C16H21ClN2O2. The van der Waals surface area contributed by atoms with Gasteiger partial charge in [-0.3, -0.25) is 4.79 Å². The maximum absolute atomic E-state index is 12.8. The fourth-order valence-corrected chi connectivity index (χ4v) is 3.36. The van der Waals surface area contributed by atoms with Crippen molar-refractivity contribution in [1.29, 1.82) is 0 Å². The second-order valence-corrected chi connectivity index (χ2v) is 5.99. The van der Waals surface area contributed by atoms with E-state index in [0.29, 0.717) is 12.5 Å². The van der Waals surface area contributed by atoms with Crippen LogP contribution in [0.15, 0.2) is 24.3 Å². The number of halogens is 1. The van der Waals surface area contributed by atoms with Crippen LogP contribution in [0.25, 0.3) is 0 Å². The Kier molecular flexibility index (Phi) is 4.66. The zero-order chi connectivity index (χ0) is 14.7. The monoisotopic (exact) mass is 308 g/mol. The maximum atomic E-state index is 12.8. The highest BCUT2D eigenvalue weighted by molar-refractivity contribution is 6.18. The van der Waals surface area contributed by atoms with E-state index >= 15 is 0 Å². The molecule has 5 heteroatoms. The van der Waals surface area contributed by atoms with Gasteiger partial charge in [-0.05, 0) is 19.0 Å². The van der Waals surface area contributed by atoms with Crippen LogP contribution in [0.1, 0.15) is 17.9 Å². The summed E-state index contributed by atoms with van der Waals surface area (Å²) in [6, 6.07) is 7.86. The number of carbonyl (C=O) groups excluding carboxylic acids is 1. The Balaban J connectivity index is 1.66. The predicted molar refractivity (Wildman–Crippen MR) is 83.0 cm³/mol. The maximum Gasteiger partial charge on any atom is 0.233 e. The van der Waals surface area contributed by atoms with E-state index in [0.717, 1.165) is 50.5 Å². The Morgan fingerprint density at radius 3 is 2.95 bits per heavy atom. The predicted octanol–water partition coefficient (Wildman–Crippen LogP) is 1.94. The van der Waals surface area contributed by atoms with Crippen molar-refractivity contribution in [3.8, 4) is 5.75 Å². The van der Waals surface area contributed by atoms with Gasteiger partial charge in [0, 0.05) is 37.6 Å². The summed E-state index contributed by atoms with van der Waals surface area (Å²) in [6.07, 6.45) is 1.01. The third-order valence-electron chi connectivity index (χ3n) is 4.30. The van der Waals surface area contributed by atoms with E-state index in [1.54, 1.807) is 0 Å². The molecular weight excluding hydrogens is 288 g/mol. The lowest BCUT2D eigenvalue weighted by Gasteiger charge is -2.24. The summed E-state index contributed by atoms with van der Waals surface area (Å²) in [4.78, 5) is 17.1. The molecule has 0 bridgehead atoms. The van der Waals surface area contributed by atoms with Crippen molar-refractivity contribution < 1.29 is 9.53 Å². The first-order valence-corrected chi connectivity index (χ1v) is 8.12. The molecule has 0 N–H and O–H groups in total. The summed E-state index contributed by atoms with van der Waals surface area (Å²) >= 11 is 5.81. The Bertz CT molecular complexity index is 509. The first-order valence-electron chi connectivity index (χ1n) is 7.58. The van der Waals surface area contributed by atoms with Crippen molar-refractivity contribution in [2.45, 2.75) is 12.3 Å². The van der Waals surface area contributed by atoms with Crippen molar-refractivity contribution in [3.63, 3.8) is 0 Å². The quantitative estimate of drug-likeness (QED) is 0.800. The molecule has 1 aromatic carbocycles. The topological polar surface area (TPSA) is 32.8 Å². The number of ether oxygens (including phenoxy) is 1. The number of hydrogen-bond acceptors (Lipinski definition) is 3. The number of amides is 1. The molecule has 21 heavy (non-hydrogen) atoms. The molecule has 1 amide bonds. The summed E-state index contributed by atoms with van der Waals surface area (Å²) in [5, 5.41) is 0. The molecule has 1 fully saturated rings. The fraction of sp³-hybridized carbons (Fsp3) is 0.562. The molecule has 2 aliphatic heterocycles. The van der Waals surface area contributed by atoms with E-state index < -0.39 is 0 Å². The van der Waals surface area contributed by atoms with Gasteiger partial charge in [0.1, 0.15) is 18.3 Å². The second-order valence-electron chi connectivity index (χ2n) is 5.61. The third kappa shape index (κ3) is 3.16. The Labute approximate surface area is 130 Å². The van der Waals surface area contributed by atoms with Gasteiger partial charge < -0.3 is 14.5 Å². The highest BCUT2D eigenvalue weighted by atomic mass is 35.5. The van der Waals surface area contributed by atoms with Gasteiger partial charge in [0.25, 0.3) is 0 Å². The first kappa shape index (κ1) is 14.7. The zero-order valence-electron chi connectivity index (χ0n) is 12.1. The van der Waals surface area contributed by atoms with E-state index in [1.165, 1.54) is 0 Å². The van der Waals surface area contributed by atoms with Crippen LogP contribution in [0.3, 0.4) is 0 Å². The normalized spacial score (nSPS) is 22.5. The number of alkyl halides is 1. The van der Waals surface area contributed by atoms with Crippen LogP contribution in [-0.2, 0) is 4.79 Å². The molecule has 0 radical (unpaired) electrons. The molecule has 3 rings (SSSR count). The fourth-order valence-electron chi connectivity index (χ4n) is 3.12. The summed E-state index contributed by atoms with van der Waals surface area (Å²) in [7, 11) is 0. The van der Waals surface area contributed by atoms with Crippen LogP contribution in [0.2, 0.25) is 0 Å². The minimum absolute atomic E-state index is 0.138. The van der Waals surface area contributed by atoms with Crippen LogP contribution >= 0.6 is 11.6 Å². The average Bonchev–Trinajstić information content (AvgIpc) is 2.80. The van der Waals surface area contributed by atoms with Gasteiger partial charge in [0.15, 0.2) is 0 Å². The molecule has 0 saturated carbocycles. The van der Waals surface area contributed by atoms with Crippen LogP contribution in [0.4, 0.5) is 0 Å². The van der Waals surface area contributed by atoms with E-state index in [2.05, 4.69) is 4.90 Å². The molecule has 0 aliphatic carbocycles. The highest BCUT2D eigenvalue weighted by Gasteiger charge is 2.33. The van der Waals surface area contributed by atoms with Gasteiger partial charge >= 0.3 is 0 Å². The number of rotatable bonds is 3. The lowest BCUT2D eigenvalue weighted by molar-refractivity contribution is -0.132. The lowest BCUT2D eigenvalue weighted by atomic mass is 10.00. The number of carbonyl (C=O) groups is 1. The number of para-hydroxylation sites is 1. The van der Waals surface area contributed by atoms with Crippen molar-refractivity contribution in [2.24, 2.45) is 0 Å². The summed E-state index contributed by atoms with van der Waals surface area (Å²) in [5.74, 6) is 1.57. The van der Waals surface area contributed by atoms with Crippen LogP contribution in [0, 0.1) is 0 Å². The molecule has 0 spiro atoms. The molecule has 1 atom stereocenters. The number of fused-ring (bicyclic) bond motifs is 1. The van der Waals surface area contributed by atoms with Crippen molar-refractivity contribution in [3.05, 3.63) is 29.8 Å². The highest BCUT2D eigenvalue weighted by Crippen LogP contribution is 2.34. The van der Waals surface area contributed by atoms with E-state index in [-0.39, 0.29) is 11.8 Å². The van der Waals surface area contributed by atoms with Gasteiger partial charge in [-0.15, -0.1) is 11.6 Å². The number of hydrogen-bond donors (Lipinski definition) is 0. The van der Waals surface area contributed by atoms with Gasteiger partial charge in [-0.25, -0.2) is 0 Å². The van der Waals surface area contributed by atoms with Crippen LogP contribution in [-0.4, -0.2) is 60.9 Å². The summed E-state index contributed by atoms with van der Waals surface area (Å²) in [6.45, 7) is 4.92. The molecule has 4 nitrogen and oxygen atoms in total. The minimum atomic E-state index is -0.138. The van der Waals surface area contributed by atoms with E-state index in [9.17, 15) is 4.79 Å². The zero-order valence-corrected chi connectivity index (χ0v) is 12.9. The summed E-state index contributed by atoms with van der Waals surface area (Å²) < 4.78 is 5.64. The van der Waals surface area contributed by atoms with Crippen LogP contribution < -0.4 is 4.74 Å². The number of nitrogens with zero attached hydrogens (tertiary/aromatic N) is 2. The Morgan fingerprint density at radius 2 is 2.10 bits per heavy atom. The van der Waals surface area contributed by atoms with Gasteiger partial charge in [-0.2, -0.15) is 0 Å². The Hall–Kier alpha value is -1.26. The molecule has 1 unspecified atom stereocenters. The molecule has 114 valence electrons. The SMILES string of the molecule is O=C(C1COc2ccccc21)N1CCCN(CCCl)CC1. The van der Waals surface area contributed by atoms with E-state index in [4.69, 9.17) is 16.3 Å². The first-order chi connectivity index (χ1) is 10.3. The second kappa shape index (κ2) is 6.67. The minimum Gasteiger partial charge on any atom is -0.492 e. The van der Waals surface area contributed by atoms with Gasteiger partial charge in [0.05, 0.1) is 0 Å². The molecule has 2 heterocycles. The van der Waals surface area contributed by atoms with Crippen molar-refractivity contribution >= 4 is 17.5 Å². The molecule has 1 aromatic rings. The van der Waals surface area contributed by atoms with Crippen molar-refractivity contribution in [1.82, 2.24) is 9.80 Å². The van der Waals surface area contributed by atoms with Crippen LogP contribution in [0.5, 0.6) is 5.75 Å². The third-order valence-corrected chi connectivity index (χ3v) is 4.47. The largest absolute Gasteiger partial charge is 0.492 e. The molecule has 1 saturated heterocycles. The lowest BCUT2D eigenvalue weighted by Crippen LogP contribution is -2.38. The number of benzene rings is 1.